The molecule has 0 radical (unpaired) electrons. The van der Waals surface area contributed by atoms with E-state index in [2.05, 4.69) is 25.3 Å². The van der Waals surface area contributed by atoms with Crippen LogP contribution in [0.15, 0.2) is 9.81 Å². The molecule has 0 amide bonds. The Hall–Kier alpha value is 0.290. The number of rotatable bonds is 0. The van der Waals surface area contributed by atoms with E-state index in [-0.39, 0.29) is 39.4 Å². The first-order valence-electron chi connectivity index (χ1n) is 1.62. The van der Waals surface area contributed by atoms with E-state index in [4.69, 9.17) is 10.5 Å². The van der Waals surface area contributed by atoms with Crippen LogP contribution < -0.4 is 29.6 Å². The molecule has 0 saturated heterocycles. The van der Waals surface area contributed by atoms with Crippen molar-refractivity contribution in [3.8, 4) is 12.1 Å². The Bertz CT molecular complexity index is 176. The van der Waals surface area contributed by atoms with Crippen molar-refractivity contribution in [2.45, 2.75) is 0 Å². The molecular weight excluding hydrogens is 163 g/mol. The fourth-order valence-corrected chi connectivity index (χ4v) is 0.199. The first-order chi connectivity index (χ1) is 3.72. The molecule has 0 N–H and O–H groups in total. The maximum atomic E-state index is 8.03. The standard InChI is InChI=1S/C4H2N2S2.Na/c5-1-3(7)4(8)2-6;/h7-8H;/q;+1/p-1. The molecule has 0 saturated carbocycles. The topological polar surface area (TPSA) is 47.6 Å². The van der Waals surface area contributed by atoms with Crippen molar-refractivity contribution in [1.82, 2.24) is 0 Å². The molecule has 0 aliphatic carbocycles. The maximum Gasteiger partial charge on any atom is 1.00 e. The van der Waals surface area contributed by atoms with Gasteiger partial charge in [-0.25, -0.2) is 0 Å². The van der Waals surface area contributed by atoms with E-state index in [1.807, 2.05) is 0 Å². The van der Waals surface area contributed by atoms with Crippen LogP contribution >= 0.6 is 12.6 Å². The molecule has 0 heterocycles. The number of allylic oxidation sites excluding steroid dienone is 2. The molecule has 0 aromatic carbocycles. The Morgan fingerprint density at radius 3 is 1.89 bits per heavy atom. The molecule has 0 aliphatic heterocycles. The van der Waals surface area contributed by atoms with E-state index in [9.17, 15) is 0 Å². The van der Waals surface area contributed by atoms with Crippen molar-refractivity contribution >= 4 is 25.3 Å². The van der Waals surface area contributed by atoms with Gasteiger partial charge in [-0.15, -0.1) is 12.6 Å². The van der Waals surface area contributed by atoms with Crippen LogP contribution in [0, 0.1) is 22.7 Å². The third-order valence-electron chi connectivity index (χ3n) is 0.423. The number of nitriles is 2. The van der Waals surface area contributed by atoms with Crippen LogP contribution in [-0.4, -0.2) is 0 Å². The quantitative estimate of drug-likeness (QED) is 0.190. The minimum atomic E-state index is -0.0594. The maximum absolute atomic E-state index is 8.03. The molecule has 5 heteroatoms. The Kier molecular flexibility index (Phi) is 8.56. The second-order valence-electron chi connectivity index (χ2n) is 0.901. The van der Waals surface area contributed by atoms with E-state index < -0.39 is 0 Å². The molecule has 0 atom stereocenters. The molecule has 40 valence electrons. The molecule has 0 aliphatic rings. The van der Waals surface area contributed by atoms with E-state index in [1.165, 1.54) is 0 Å². The van der Waals surface area contributed by atoms with Crippen LogP contribution in [0.3, 0.4) is 0 Å². The zero-order valence-corrected chi connectivity index (χ0v) is 8.46. The third-order valence-corrected chi connectivity index (χ3v) is 1.19. The van der Waals surface area contributed by atoms with Gasteiger partial charge in [-0.05, 0) is 0 Å². The Balaban J connectivity index is 0. The van der Waals surface area contributed by atoms with Crippen molar-refractivity contribution in [2.24, 2.45) is 0 Å². The number of nitrogens with zero attached hydrogens (tertiary/aromatic N) is 2. The Labute approximate surface area is 86.7 Å². The van der Waals surface area contributed by atoms with Gasteiger partial charge in [0.15, 0.2) is 0 Å². The molecule has 9 heavy (non-hydrogen) atoms. The van der Waals surface area contributed by atoms with Crippen molar-refractivity contribution in [1.29, 1.82) is 10.5 Å². The van der Waals surface area contributed by atoms with E-state index in [1.54, 1.807) is 12.1 Å². The van der Waals surface area contributed by atoms with Crippen molar-refractivity contribution < 1.29 is 29.6 Å². The van der Waals surface area contributed by atoms with Crippen LogP contribution in [-0.2, 0) is 12.6 Å². The summed E-state index contributed by atoms with van der Waals surface area (Å²) in [6, 6.07) is 3.24. The van der Waals surface area contributed by atoms with Gasteiger partial charge in [0.1, 0.15) is 6.07 Å². The van der Waals surface area contributed by atoms with Gasteiger partial charge in [-0.2, -0.15) is 10.5 Å². The number of hydrogen-bond donors (Lipinski definition) is 1. The average Bonchev–Trinajstić information content (AvgIpc) is 1.84. The van der Waals surface area contributed by atoms with Crippen LogP contribution in [0.1, 0.15) is 0 Å². The van der Waals surface area contributed by atoms with Crippen molar-refractivity contribution in [3.63, 3.8) is 0 Å². The molecule has 0 fully saturated rings. The van der Waals surface area contributed by atoms with E-state index in [0.29, 0.717) is 0 Å². The van der Waals surface area contributed by atoms with Gasteiger partial charge in [0, 0.05) is 0 Å². The minimum absolute atomic E-state index is 0. The first kappa shape index (κ1) is 12.0. The second kappa shape index (κ2) is 6.41. The molecule has 0 bridgehead atoms. The summed E-state index contributed by atoms with van der Waals surface area (Å²) in [6.45, 7) is 0. The van der Waals surface area contributed by atoms with Gasteiger partial charge in [0.2, 0.25) is 0 Å². The number of thiol groups is 1. The summed E-state index contributed by atoms with van der Waals surface area (Å²) >= 11 is 7.98. The van der Waals surface area contributed by atoms with Crippen LogP contribution in [0.2, 0.25) is 0 Å². The molecule has 0 aromatic heterocycles. The molecule has 2 nitrogen and oxygen atoms in total. The third kappa shape index (κ3) is 4.77. The van der Waals surface area contributed by atoms with Crippen LogP contribution in [0.5, 0.6) is 0 Å². The normalized spacial score (nSPS) is 9.67. The molecule has 0 aromatic rings. The Morgan fingerprint density at radius 2 is 1.78 bits per heavy atom. The van der Waals surface area contributed by atoms with Crippen molar-refractivity contribution in [2.75, 3.05) is 0 Å². The Morgan fingerprint density at radius 1 is 1.33 bits per heavy atom. The molecule has 0 unspecified atom stereocenters. The fraction of sp³-hybridized carbons (Fsp3) is 0. The van der Waals surface area contributed by atoms with E-state index in [0.717, 1.165) is 0 Å². The van der Waals surface area contributed by atoms with Crippen LogP contribution in [0.4, 0.5) is 0 Å². The first-order valence-corrected chi connectivity index (χ1v) is 2.48. The predicted octanol–water partition coefficient (Wildman–Crippen LogP) is -2.27. The van der Waals surface area contributed by atoms with Gasteiger partial charge in [-0.3, -0.25) is 0 Å². The SMILES string of the molecule is N#CC([S-])=C(S)C#N.[Na+]. The summed E-state index contributed by atoms with van der Waals surface area (Å²) in [5.74, 6) is 0. The monoisotopic (exact) mass is 164 g/mol. The minimum Gasteiger partial charge on any atom is -0.767 e. The van der Waals surface area contributed by atoms with Crippen molar-refractivity contribution in [3.05, 3.63) is 9.81 Å². The van der Waals surface area contributed by atoms with E-state index >= 15 is 0 Å². The summed E-state index contributed by atoms with van der Waals surface area (Å²) in [4.78, 5) is -0.0571. The molecule has 0 rings (SSSR count). The van der Waals surface area contributed by atoms with Gasteiger partial charge in [0.05, 0.1) is 11.0 Å². The summed E-state index contributed by atoms with van der Waals surface area (Å²) in [5.41, 5.74) is 0. The largest absolute Gasteiger partial charge is 1.00 e. The summed E-state index contributed by atoms with van der Waals surface area (Å²) in [7, 11) is 0. The van der Waals surface area contributed by atoms with Gasteiger partial charge >= 0.3 is 29.6 Å². The summed E-state index contributed by atoms with van der Waals surface area (Å²) in [6.07, 6.45) is 0. The zero-order valence-electron chi connectivity index (χ0n) is 4.75. The van der Waals surface area contributed by atoms with Gasteiger partial charge in [0.25, 0.3) is 0 Å². The molecule has 0 spiro atoms. The number of hydrogen-bond acceptors (Lipinski definition) is 4. The average molecular weight is 164 g/mol. The summed E-state index contributed by atoms with van der Waals surface area (Å²) < 4.78 is 0. The van der Waals surface area contributed by atoms with Crippen LogP contribution in [0.25, 0.3) is 0 Å². The molecular formula is C4HN2NaS2. The second-order valence-corrected chi connectivity index (χ2v) is 1.76. The van der Waals surface area contributed by atoms with Gasteiger partial charge in [-0.1, -0.05) is 4.91 Å². The summed E-state index contributed by atoms with van der Waals surface area (Å²) in [5, 5.41) is 16.1. The predicted molar refractivity (Wildman–Crippen MR) is 34.6 cm³/mol. The fourth-order valence-electron chi connectivity index (χ4n) is 0.104. The zero-order chi connectivity index (χ0) is 6.57. The van der Waals surface area contributed by atoms with Gasteiger partial charge < -0.3 is 12.6 Å². The smallest absolute Gasteiger partial charge is 0.767 e.